The van der Waals surface area contributed by atoms with Crippen molar-refractivity contribution >= 4 is 5.69 Å². The Morgan fingerprint density at radius 2 is 1.94 bits per heavy atom. The van der Waals surface area contributed by atoms with Crippen LogP contribution in [0.5, 0.6) is 0 Å². The van der Waals surface area contributed by atoms with E-state index in [1.54, 1.807) is 0 Å². The van der Waals surface area contributed by atoms with Crippen molar-refractivity contribution in [2.75, 3.05) is 38.3 Å². The van der Waals surface area contributed by atoms with Gasteiger partial charge in [0, 0.05) is 25.8 Å². The van der Waals surface area contributed by atoms with Gasteiger partial charge in [0.25, 0.3) is 0 Å². The van der Waals surface area contributed by atoms with Crippen LogP contribution in [0.1, 0.15) is 5.56 Å². The van der Waals surface area contributed by atoms with E-state index < -0.39 is 0 Å². The second kappa shape index (κ2) is 7.22. The molecule has 0 aliphatic heterocycles. The summed E-state index contributed by atoms with van der Waals surface area (Å²) in [5.41, 5.74) is 7.81. The lowest BCUT2D eigenvalue weighted by Crippen LogP contribution is -2.23. The molecule has 1 rings (SSSR count). The average molecular weight is 224 g/mol. The van der Waals surface area contributed by atoms with Gasteiger partial charge in [-0.3, -0.25) is 0 Å². The number of hydrogen-bond acceptors (Lipinski definition) is 4. The number of nitrogens with two attached hydrogens (primary N) is 1. The van der Waals surface area contributed by atoms with Crippen LogP contribution >= 0.6 is 0 Å². The van der Waals surface area contributed by atoms with Crippen molar-refractivity contribution in [1.82, 2.24) is 0 Å². The van der Waals surface area contributed by atoms with Crippen LogP contribution in [0.3, 0.4) is 0 Å². The van der Waals surface area contributed by atoms with Gasteiger partial charge in [-0.15, -0.1) is 0 Å². The van der Waals surface area contributed by atoms with Crippen LogP contribution in [0, 0.1) is 0 Å². The summed E-state index contributed by atoms with van der Waals surface area (Å²) >= 11 is 0. The van der Waals surface area contributed by atoms with Crippen LogP contribution in [0.2, 0.25) is 0 Å². The van der Waals surface area contributed by atoms with Crippen molar-refractivity contribution < 1.29 is 9.84 Å². The number of aliphatic hydroxyl groups is 1. The third kappa shape index (κ3) is 4.18. The lowest BCUT2D eigenvalue weighted by atomic mass is 10.2. The fraction of sp³-hybridized carbons (Fsp3) is 0.500. The molecule has 0 saturated carbocycles. The standard InChI is InChI=1S/C12H20N2O2/c1-14(6-8-16-9-7-15)12-4-2-11(10-13)3-5-12/h2-5,15H,6-10,13H2,1H3. The molecule has 0 atom stereocenters. The maximum atomic E-state index is 8.56. The van der Waals surface area contributed by atoms with E-state index in [0.29, 0.717) is 19.8 Å². The van der Waals surface area contributed by atoms with Crippen molar-refractivity contribution in [3.8, 4) is 0 Å². The molecule has 0 spiro atoms. The monoisotopic (exact) mass is 224 g/mol. The van der Waals surface area contributed by atoms with Crippen LogP contribution in [0.4, 0.5) is 5.69 Å². The molecule has 0 saturated heterocycles. The molecule has 0 fully saturated rings. The first-order chi connectivity index (χ1) is 7.77. The van der Waals surface area contributed by atoms with E-state index in [9.17, 15) is 0 Å². The Hall–Kier alpha value is -1.10. The summed E-state index contributed by atoms with van der Waals surface area (Å²) in [6.45, 7) is 2.48. The van der Waals surface area contributed by atoms with Crippen molar-refractivity contribution in [1.29, 1.82) is 0 Å². The predicted molar refractivity (Wildman–Crippen MR) is 65.5 cm³/mol. The molecule has 0 amide bonds. The normalized spacial score (nSPS) is 10.4. The maximum absolute atomic E-state index is 8.56. The molecule has 4 nitrogen and oxygen atoms in total. The highest BCUT2D eigenvalue weighted by Gasteiger charge is 2.00. The Bertz CT molecular complexity index is 288. The lowest BCUT2D eigenvalue weighted by Gasteiger charge is -2.19. The molecular formula is C12H20N2O2. The second-order valence-corrected chi connectivity index (χ2v) is 3.63. The van der Waals surface area contributed by atoms with Crippen molar-refractivity contribution in [2.45, 2.75) is 6.54 Å². The Morgan fingerprint density at radius 3 is 2.50 bits per heavy atom. The predicted octanol–water partition coefficient (Wildman–Crippen LogP) is 0.590. The van der Waals surface area contributed by atoms with E-state index in [-0.39, 0.29) is 6.61 Å². The maximum Gasteiger partial charge on any atom is 0.0698 e. The number of hydrogen-bond donors (Lipinski definition) is 2. The minimum atomic E-state index is 0.0783. The summed E-state index contributed by atoms with van der Waals surface area (Å²) in [7, 11) is 2.01. The van der Waals surface area contributed by atoms with Crippen LogP contribution in [0.25, 0.3) is 0 Å². The summed E-state index contributed by atoms with van der Waals surface area (Å²) < 4.78 is 5.21. The van der Waals surface area contributed by atoms with Crippen molar-refractivity contribution in [3.05, 3.63) is 29.8 Å². The lowest BCUT2D eigenvalue weighted by molar-refractivity contribution is 0.0971. The molecule has 1 aromatic rings. The molecule has 0 bridgehead atoms. The van der Waals surface area contributed by atoms with Gasteiger partial charge in [-0.25, -0.2) is 0 Å². The average Bonchev–Trinajstić information content (AvgIpc) is 2.34. The minimum Gasteiger partial charge on any atom is -0.394 e. The zero-order valence-electron chi connectivity index (χ0n) is 9.72. The van der Waals surface area contributed by atoms with Crippen LogP contribution < -0.4 is 10.6 Å². The molecule has 0 heterocycles. The summed E-state index contributed by atoms with van der Waals surface area (Å²) in [4.78, 5) is 2.11. The molecule has 16 heavy (non-hydrogen) atoms. The van der Waals surface area contributed by atoms with Gasteiger partial charge in [-0.1, -0.05) is 12.1 Å². The number of likely N-dealkylation sites (N-methyl/N-ethyl adjacent to an activating group) is 1. The Labute approximate surface area is 96.6 Å². The molecular weight excluding hydrogens is 204 g/mol. The smallest absolute Gasteiger partial charge is 0.0698 e. The first kappa shape index (κ1) is 13.0. The summed E-state index contributed by atoms with van der Waals surface area (Å²) in [6, 6.07) is 8.16. The molecule has 90 valence electrons. The second-order valence-electron chi connectivity index (χ2n) is 3.63. The summed E-state index contributed by atoms with van der Waals surface area (Å²) in [5.74, 6) is 0. The minimum absolute atomic E-state index is 0.0783. The topological polar surface area (TPSA) is 58.7 Å². The third-order valence-electron chi connectivity index (χ3n) is 2.42. The van der Waals surface area contributed by atoms with Gasteiger partial charge >= 0.3 is 0 Å². The number of anilines is 1. The number of ether oxygens (including phenoxy) is 1. The Kier molecular flexibility index (Phi) is 5.85. The van der Waals surface area contributed by atoms with Crippen LogP contribution in [-0.4, -0.2) is 38.5 Å². The molecule has 3 N–H and O–H groups in total. The van der Waals surface area contributed by atoms with E-state index in [4.69, 9.17) is 15.6 Å². The highest BCUT2D eigenvalue weighted by Crippen LogP contribution is 2.13. The van der Waals surface area contributed by atoms with Crippen molar-refractivity contribution in [3.63, 3.8) is 0 Å². The molecule has 4 heteroatoms. The molecule has 0 unspecified atom stereocenters. The molecule has 0 radical (unpaired) electrons. The highest BCUT2D eigenvalue weighted by atomic mass is 16.5. The van der Waals surface area contributed by atoms with Gasteiger partial charge < -0.3 is 20.5 Å². The van der Waals surface area contributed by atoms with Gasteiger partial charge in [0.05, 0.1) is 19.8 Å². The number of benzene rings is 1. The highest BCUT2D eigenvalue weighted by molar-refractivity contribution is 5.46. The zero-order chi connectivity index (χ0) is 11.8. The fourth-order valence-corrected chi connectivity index (χ4v) is 1.38. The molecule has 0 aliphatic rings. The summed E-state index contributed by atoms with van der Waals surface area (Å²) in [5, 5.41) is 8.56. The quantitative estimate of drug-likeness (QED) is 0.666. The number of nitrogens with zero attached hydrogens (tertiary/aromatic N) is 1. The van der Waals surface area contributed by atoms with E-state index in [2.05, 4.69) is 4.90 Å². The van der Waals surface area contributed by atoms with Crippen molar-refractivity contribution in [2.24, 2.45) is 5.73 Å². The molecule has 0 aliphatic carbocycles. The summed E-state index contributed by atoms with van der Waals surface area (Å²) in [6.07, 6.45) is 0. The first-order valence-electron chi connectivity index (χ1n) is 5.46. The number of aliphatic hydroxyl groups excluding tert-OH is 1. The van der Waals surface area contributed by atoms with Gasteiger partial charge in [-0.05, 0) is 17.7 Å². The van der Waals surface area contributed by atoms with Crippen LogP contribution in [0.15, 0.2) is 24.3 Å². The third-order valence-corrected chi connectivity index (χ3v) is 2.42. The Balaban J connectivity index is 2.37. The first-order valence-corrected chi connectivity index (χ1v) is 5.46. The van der Waals surface area contributed by atoms with E-state index in [0.717, 1.165) is 17.8 Å². The van der Waals surface area contributed by atoms with Gasteiger partial charge in [0.15, 0.2) is 0 Å². The van der Waals surface area contributed by atoms with E-state index >= 15 is 0 Å². The fourth-order valence-electron chi connectivity index (χ4n) is 1.38. The Morgan fingerprint density at radius 1 is 1.25 bits per heavy atom. The zero-order valence-corrected chi connectivity index (χ0v) is 9.72. The van der Waals surface area contributed by atoms with E-state index in [1.165, 1.54) is 0 Å². The largest absolute Gasteiger partial charge is 0.394 e. The van der Waals surface area contributed by atoms with Crippen LogP contribution in [-0.2, 0) is 11.3 Å². The molecule has 1 aromatic carbocycles. The van der Waals surface area contributed by atoms with Gasteiger partial charge in [0.1, 0.15) is 0 Å². The van der Waals surface area contributed by atoms with Gasteiger partial charge in [0.2, 0.25) is 0 Å². The molecule has 0 aromatic heterocycles. The SMILES string of the molecule is CN(CCOCCO)c1ccc(CN)cc1. The van der Waals surface area contributed by atoms with Gasteiger partial charge in [-0.2, -0.15) is 0 Å². The number of rotatable bonds is 7. The van der Waals surface area contributed by atoms with E-state index in [1.807, 2.05) is 31.3 Å².